The molecular weight excluding hydrogens is 364 g/mol. The third-order valence-corrected chi connectivity index (χ3v) is 5.55. The Bertz CT molecular complexity index is 1040. The number of fused-ring (bicyclic) bond motifs is 1. The molecule has 0 radical (unpaired) electrons. The van der Waals surface area contributed by atoms with Crippen molar-refractivity contribution in [2.75, 3.05) is 19.6 Å². The number of carbonyl (C=O) groups is 1. The van der Waals surface area contributed by atoms with Crippen LogP contribution in [-0.2, 0) is 11.3 Å². The first kappa shape index (κ1) is 19.3. The molecule has 6 heteroatoms. The van der Waals surface area contributed by atoms with E-state index in [0.717, 1.165) is 31.5 Å². The Labute approximate surface area is 170 Å². The first-order valence-corrected chi connectivity index (χ1v) is 10.2. The topological polar surface area (TPSA) is 69.3 Å². The second-order valence-electron chi connectivity index (χ2n) is 7.44. The van der Waals surface area contributed by atoms with Crippen molar-refractivity contribution >= 4 is 16.8 Å². The van der Waals surface area contributed by atoms with Crippen LogP contribution in [0.5, 0.6) is 0 Å². The van der Waals surface area contributed by atoms with E-state index in [2.05, 4.69) is 14.9 Å². The number of carbonyl (C=O) groups excluding carboxylic acids is 1. The molecule has 1 aliphatic rings. The zero-order valence-corrected chi connectivity index (χ0v) is 16.7. The van der Waals surface area contributed by atoms with E-state index in [-0.39, 0.29) is 11.5 Å². The van der Waals surface area contributed by atoms with Crippen molar-refractivity contribution in [1.29, 1.82) is 0 Å². The SMILES string of the molecule is CCN(Cc1nc2ccccc2c(=O)[nH]1)C(C(=O)N1CCCC1)c1ccccc1. The summed E-state index contributed by atoms with van der Waals surface area (Å²) in [4.78, 5) is 37.4. The minimum Gasteiger partial charge on any atom is -0.341 e. The van der Waals surface area contributed by atoms with Crippen molar-refractivity contribution in [2.45, 2.75) is 32.4 Å². The Balaban J connectivity index is 1.68. The number of likely N-dealkylation sites (tertiary alicyclic amines) is 1. The number of amides is 1. The van der Waals surface area contributed by atoms with Crippen LogP contribution in [0.2, 0.25) is 0 Å². The molecule has 29 heavy (non-hydrogen) atoms. The van der Waals surface area contributed by atoms with Gasteiger partial charge in [0.05, 0.1) is 17.4 Å². The predicted octanol–water partition coefficient (Wildman–Crippen LogP) is 3.11. The van der Waals surface area contributed by atoms with Gasteiger partial charge in [0, 0.05) is 13.1 Å². The van der Waals surface area contributed by atoms with Gasteiger partial charge < -0.3 is 9.88 Å². The average Bonchev–Trinajstić information content (AvgIpc) is 3.29. The lowest BCUT2D eigenvalue weighted by atomic mass is 10.0. The molecule has 1 unspecified atom stereocenters. The van der Waals surface area contributed by atoms with Gasteiger partial charge in [-0.05, 0) is 37.1 Å². The minimum absolute atomic E-state index is 0.124. The van der Waals surface area contributed by atoms with Gasteiger partial charge in [0.25, 0.3) is 5.56 Å². The Kier molecular flexibility index (Phi) is 5.71. The van der Waals surface area contributed by atoms with E-state index in [0.29, 0.717) is 29.8 Å². The summed E-state index contributed by atoms with van der Waals surface area (Å²) in [5.74, 6) is 0.699. The number of hydrogen-bond acceptors (Lipinski definition) is 4. The first-order valence-electron chi connectivity index (χ1n) is 10.2. The molecule has 4 rings (SSSR count). The Morgan fingerprint density at radius 3 is 2.52 bits per heavy atom. The van der Waals surface area contributed by atoms with Crippen molar-refractivity contribution in [3.05, 3.63) is 76.3 Å². The average molecular weight is 390 g/mol. The van der Waals surface area contributed by atoms with Gasteiger partial charge in [-0.3, -0.25) is 14.5 Å². The van der Waals surface area contributed by atoms with Crippen LogP contribution < -0.4 is 5.56 Å². The molecule has 0 bridgehead atoms. The highest BCUT2D eigenvalue weighted by Crippen LogP contribution is 2.26. The van der Waals surface area contributed by atoms with Gasteiger partial charge in [0.15, 0.2) is 0 Å². The number of para-hydroxylation sites is 1. The van der Waals surface area contributed by atoms with Gasteiger partial charge in [-0.1, -0.05) is 49.4 Å². The lowest BCUT2D eigenvalue weighted by Crippen LogP contribution is -2.42. The number of likely N-dealkylation sites (N-methyl/N-ethyl adjacent to an activating group) is 1. The summed E-state index contributed by atoms with van der Waals surface area (Å²) in [5, 5.41) is 0.576. The summed E-state index contributed by atoms with van der Waals surface area (Å²) in [6, 6.07) is 16.8. The Hall–Kier alpha value is -2.99. The van der Waals surface area contributed by atoms with Crippen LogP contribution >= 0.6 is 0 Å². The molecule has 1 atom stereocenters. The van der Waals surface area contributed by atoms with Crippen molar-refractivity contribution in [2.24, 2.45) is 0 Å². The third-order valence-electron chi connectivity index (χ3n) is 5.55. The molecule has 2 heterocycles. The fourth-order valence-electron chi connectivity index (χ4n) is 4.04. The van der Waals surface area contributed by atoms with Gasteiger partial charge in [-0.15, -0.1) is 0 Å². The highest BCUT2D eigenvalue weighted by molar-refractivity contribution is 5.83. The summed E-state index contributed by atoms with van der Waals surface area (Å²) < 4.78 is 0. The van der Waals surface area contributed by atoms with E-state index < -0.39 is 6.04 Å². The molecule has 1 aliphatic heterocycles. The number of benzene rings is 2. The summed E-state index contributed by atoms with van der Waals surface area (Å²) in [7, 11) is 0. The van der Waals surface area contributed by atoms with Gasteiger partial charge in [0.1, 0.15) is 11.9 Å². The summed E-state index contributed by atoms with van der Waals surface area (Å²) in [6.45, 7) is 4.72. The molecule has 6 nitrogen and oxygen atoms in total. The molecule has 150 valence electrons. The molecule has 1 aromatic heterocycles. The van der Waals surface area contributed by atoms with Crippen molar-refractivity contribution in [1.82, 2.24) is 19.8 Å². The zero-order valence-electron chi connectivity index (χ0n) is 16.7. The maximum absolute atomic E-state index is 13.4. The summed E-state index contributed by atoms with van der Waals surface area (Å²) in [6.07, 6.45) is 2.11. The largest absolute Gasteiger partial charge is 0.341 e. The van der Waals surface area contributed by atoms with Gasteiger partial charge >= 0.3 is 0 Å². The maximum Gasteiger partial charge on any atom is 0.258 e. The number of nitrogens with zero attached hydrogens (tertiary/aromatic N) is 3. The molecule has 3 aromatic rings. The third kappa shape index (κ3) is 4.07. The van der Waals surface area contributed by atoms with Crippen molar-refractivity contribution < 1.29 is 4.79 Å². The zero-order chi connectivity index (χ0) is 20.2. The van der Waals surface area contributed by atoms with Crippen LogP contribution in [0.1, 0.15) is 37.2 Å². The van der Waals surface area contributed by atoms with E-state index >= 15 is 0 Å². The number of rotatable bonds is 6. The minimum atomic E-state index is -0.393. The van der Waals surface area contributed by atoms with Crippen molar-refractivity contribution in [3.8, 4) is 0 Å². The van der Waals surface area contributed by atoms with E-state index in [1.807, 2.05) is 60.4 Å². The molecular formula is C23H26N4O2. The second kappa shape index (κ2) is 8.57. The Morgan fingerprint density at radius 2 is 1.79 bits per heavy atom. The maximum atomic E-state index is 13.4. The smallest absolute Gasteiger partial charge is 0.258 e. The van der Waals surface area contributed by atoms with Crippen LogP contribution in [-0.4, -0.2) is 45.3 Å². The molecule has 0 aliphatic carbocycles. The molecule has 0 spiro atoms. The lowest BCUT2D eigenvalue weighted by Gasteiger charge is -2.32. The van der Waals surface area contributed by atoms with Crippen molar-refractivity contribution in [3.63, 3.8) is 0 Å². The monoisotopic (exact) mass is 390 g/mol. The molecule has 0 saturated carbocycles. The van der Waals surface area contributed by atoms with Crippen LogP contribution in [0.15, 0.2) is 59.4 Å². The van der Waals surface area contributed by atoms with Crippen LogP contribution in [0, 0.1) is 0 Å². The quantitative estimate of drug-likeness (QED) is 0.702. The van der Waals surface area contributed by atoms with Crippen LogP contribution in [0.3, 0.4) is 0 Å². The first-order chi connectivity index (χ1) is 14.2. The van der Waals surface area contributed by atoms with E-state index in [9.17, 15) is 9.59 Å². The van der Waals surface area contributed by atoms with Crippen LogP contribution in [0.25, 0.3) is 10.9 Å². The molecule has 1 saturated heterocycles. The molecule has 1 N–H and O–H groups in total. The molecule has 2 aromatic carbocycles. The predicted molar refractivity (Wildman–Crippen MR) is 113 cm³/mol. The number of aromatic amines is 1. The second-order valence-corrected chi connectivity index (χ2v) is 7.44. The standard InChI is InChI=1S/C23H26N4O2/c1-2-26(16-20-24-19-13-7-6-12-18(19)22(28)25-20)21(17-10-4-3-5-11-17)23(29)27-14-8-9-15-27/h3-7,10-13,21H,2,8-9,14-16H2,1H3,(H,24,25,28). The van der Waals surface area contributed by atoms with E-state index in [1.165, 1.54) is 0 Å². The van der Waals surface area contributed by atoms with E-state index in [4.69, 9.17) is 0 Å². The summed E-state index contributed by atoms with van der Waals surface area (Å²) in [5.41, 5.74) is 1.49. The Morgan fingerprint density at radius 1 is 1.10 bits per heavy atom. The number of hydrogen-bond donors (Lipinski definition) is 1. The number of aromatic nitrogens is 2. The van der Waals surface area contributed by atoms with Crippen LogP contribution in [0.4, 0.5) is 0 Å². The normalized spacial score (nSPS) is 15.2. The van der Waals surface area contributed by atoms with Gasteiger partial charge in [-0.2, -0.15) is 0 Å². The van der Waals surface area contributed by atoms with E-state index in [1.54, 1.807) is 6.07 Å². The summed E-state index contributed by atoms with van der Waals surface area (Å²) >= 11 is 0. The number of H-pyrrole nitrogens is 1. The lowest BCUT2D eigenvalue weighted by molar-refractivity contribution is -0.136. The fourth-order valence-corrected chi connectivity index (χ4v) is 4.04. The highest BCUT2D eigenvalue weighted by atomic mass is 16.2. The highest BCUT2D eigenvalue weighted by Gasteiger charge is 2.32. The molecule has 1 fully saturated rings. The van der Waals surface area contributed by atoms with Gasteiger partial charge in [-0.25, -0.2) is 4.98 Å². The molecule has 1 amide bonds. The fraction of sp³-hybridized carbons (Fsp3) is 0.348. The number of nitrogens with one attached hydrogen (secondary N) is 1. The van der Waals surface area contributed by atoms with Gasteiger partial charge in [0.2, 0.25) is 5.91 Å².